The molecule has 0 aromatic heterocycles. The number of nitrogens with zero attached hydrogens (tertiary/aromatic N) is 1. The van der Waals surface area contributed by atoms with E-state index < -0.39 is 0 Å². The zero-order valence-corrected chi connectivity index (χ0v) is 18.0. The predicted molar refractivity (Wildman–Crippen MR) is 120 cm³/mol. The van der Waals surface area contributed by atoms with Gasteiger partial charge < -0.3 is 9.47 Å². The van der Waals surface area contributed by atoms with Crippen molar-refractivity contribution >= 4 is 46.1 Å². The highest BCUT2D eigenvalue weighted by Crippen LogP contribution is 2.34. The van der Waals surface area contributed by atoms with E-state index in [9.17, 15) is 0 Å². The van der Waals surface area contributed by atoms with E-state index in [1.165, 1.54) is 5.56 Å². The van der Waals surface area contributed by atoms with Gasteiger partial charge in [0.2, 0.25) is 0 Å². The molecule has 0 fully saturated rings. The first-order valence-corrected chi connectivity index (χ1v) is 9.86. The number of benzene rings is 3. The molecule has 0 aliphatic carbocycles. The van der Waals surface area contributed by atoms with Gasteiger partial charge in [0.15, 0.2) is 11.5 Å². The highest BCUT2D eigenvalue weighted by molar-refractivity contribution is 14.1. The molecule has 138 valence electrons. The summed E-state index contributed by atoms with van der Waals surface area (Å²) in [6.45, 7) is 2.50. The monoisotopic (exact) mass is 491 g/mol. The van der Waals surface area contributed by atoms with Gasteiger partial charge in [0.05, 0.1) is 16.4 Å². The molecule has 0 heterocycles. The van der Waals surface area contributed by atoms with Gasteiger partial charge in [-0.2, -0.15) is 0 Å². The third kappa shape index (κ3) is 5.47. The Bertz CT molecular complexity index is 938. The summed E-state index contributed by atoms with van der Waals surface area (Å²) in [6.07, 6.45) is 1.83. The maximum absolute atomic E-state index is 6.00. The van der Waals surface area contributed by atoms with E-state index in [-0.39, 0.29) is 0 Å². The van der Waals surface area contributed by atoms with Crippen LogP contribution >= 0.6 is 34.2 Å². The molecule has 3 aromatic carbocycles. The van der Waals surface area contributed by atoms with E-state index >= 15 is 0 Å². The number of aryl methyl sites for hydroxylation is 1. The smallest absolute Gasteiger partial charge is 0.174 e. The number of aliphatic imine (C=N–C) groups is 1. The van der Waals surface area contributed by atoms with Gasteiger partial charge in [-0.1, -0.05) is 41.4 Å². The molecule has 0 amide bonds. The summed E-state index contributed by atoms with van der Waals surface area (Å²) in [5, 5.41) is 0.711. The number of hydrogen-bond acceptors (Lipinski definition) is 3. The standard InChI is InChI=1S/C22H19ClINO2/c1-15-3-9-19(10-4-15)25-13-17-11-20(24)22(21(12-17)26-2)27-14-16-5-7-18(23)8-6-16/h3-13H,14H2,1-2H3. The maximum atomic E-state index is 6.00. The lowest BCUT2D eigenvalue weighted by molar-refractivity contribution is 0.282. The van der Waals surface area contributed by atoms with Crippen molar-refractivity contribution in [2.45, 2.75) is 13.5 Å². The van der Waals surface area contributed by atoms with Crippen molar-refractivity contribution in [2.75, 3.05) is 7.11 Å². The molecule has 3 nitrogen and oxygen atoms in total. The van der Waals surface area contributed by atoms with Crippen molar-refractivity contribution < 1.29 is 9.47 Å². The second kappa shape index (κ2) is 9.24. The van der Waals surface area contributed by atoms with Gasteiger partial charge in [-0.3, -0.25) is 4.99 Å². The Morgan fingerprint density at radius 3 is 2.41 bits per heavy atom. The Morgan fingerprint density at radius 2 is 1.74 bits per heavy atom. The molecule has 27 heavy (non-hydrogen) atoms. The minimum absolute atomic E-state index is 0.445. The van der Waals surface area contributed by atoms with Gasteiger partial charge in [0.1, 0.15) is 6.61 Å². The molecule has 0 N–H and O–H groups in total. The molecule has 0 aliphatic rings. The zero-order chi connectivity index (χ0) is 19.2. The molecule has 3 rings (SSSR count). The third-order valence-electron chi connectivity index (χ3n) is 3.94. The second-order valence-electron chi connectivity index (χ2n) is 6.04. The van der Waals surface area contributed by atoms with Crippen molar-refractivity contribution in [2.24, 2.45) is 4.99 Å². The molecule has 3 aromatic rings. The summed E-state index contributed by atoms with van der Waals surface area (Å²) in [6, 6.07) is 19.6. The minimum atomic E-state index is 0.445. The van der Waals surface area contributed by atoms with Gasteiger partial charge in [-0.05, 0) is 77.0 Å². The molecular formula is C22H19ClINO2. The topological polar surface area (TPSA) is 30.8 Å². The van der Waals surface area contributed by atoms with Crippen molar-refractivity contribution in [1.82, 2.24) is 0 Å². The number of hydrogen-bond donors (Lipinski definition) is 0. The van der Waals surface area contributed by atoms with Crippen LogP contribution in [0.25, 0.3) is 0 Å². The number of methoxy groups -OCH3 is 1. The first-order chi connectivity index (χ1) is 13.0. The van der Waals surface area contributed by atoms with E-state index in [4.69, 9.17) is 21.1 Å². The molecule has 0 aliphatic heterocycles. The Hall–Kier alpha value is -2.05. The largest absolute Gasteiger partial charge is 0.493 e. The quantitative estimate of drug-likeness (QED) is 0.288. The molecule has 0 atom stereocenters. The third-order valence-corrected chi connectivity index (χ3v) is 5.00. The summed E-state index contributed by atoms with van der Waals surface area (Å²) in [4.78, 5) is 4.53. The normalized spacial score (nSPS) is 11.0. The van der Waals surface area contributed by atoms with Crippen LogP contribution in [0, 0.1) is 10.5 Å². The lowest BCUT2D eigenvalue weighted by atomic mass is 10.2. The van der Waals surface area contributed by atoms with Crippen LogP contribution in [0.3, 0.4) is 0 Å². The SMILES string of the molecule is COc1cc(C=Nc2ccc(C)cc2)cc(I)c1OCc1ccc(Cl)cc1. The molecule has 0 bridgehead atoms. The van der Waals surface area contributed by atoms with E-state index in [0.29, 0.717) is 17.4 Å². The Morgan fingerprint density at radius 1 is 1.04 bits per heavy atom. The van der Waals surface area contributed by atoms with E-state index in [1.807, 2.05) is 66.9 Å². The van der Waals surface area contributed by atoms with E-state index in [1.54, 1.807) is 7.11 Å². The van der Waals surface area contributed by atoms with Gasteiger partial charge >= 0.3 is 0 Å². The van der Waals surface area contributed by atoms with Gasteiger partial charge in [0, 0.05) is 11.2 Å². The van der Waals surface area contributed by atoms with E-state index in [2.05, 4.69) is 34.5 Å². The van der Waals surface area contributed by atoms with Crippen LogP contribution in [0.2, 0.25) is 5.02 Å². The summed E-state index contributed by atoms with van der Waals surface area (Å²) in [5.41, 5.74) is 4.13. The average Bonchev–Trinajstić information content (AvgIpc) is 2.67. The molecule has 0 saturated carbocycles. The first-order valence-electron chi connectivity index (χ1n) is 8.40. The van der Waals surface area contributed by atoms with Gasteiger partial charge in [-0.15, -0.1) is 0 Å². The lowest BCUT2D eigenvalue weighted by Gasteiger charge is -2.13. The number of ether oxygens (including phenoxy) is 2. The van der Waals surface area contributed by atoms with E-state index in [0.717, 1.165) is 26.1 Å². The number of rotatable bonds is 6. The van der Waals surface area contributed by atoms with Crippen LogP contribution in [-0.2, 0) is 6.61 Å². The maximum Gasteiger partial charge on any atom is 0.174 e. The van der Waals surface area contributed by atoms with Gasteiger partial charge in [-0.25, -0.2) is 0 Å². The van der Waals surface area contributed by atoms with Crippen LogP contribution in [0.5, 0.6) is 11.5 Å². The molecular weight excluding hydrogens is 473 g/mol. The van der Waals surface area contributed by atoms with Crippen LogP contribution in [-0.4, -0.2) is 13.3 Å². The molecule has 0 radical (unpaired) electrons. The fourth-order valence-electron chi connectivity index (χ4n) is 2.47. The summed E-state index contributed by atoms with van der Waals surface area (Å²) >= 11 is 8.18. The Labute approximate surface area is 178 Å². The Kier molecular flexibility index (Phi) is 6.74. The van der Waals surface area contributed by atoms with Gasteiger partial charge in [0.25, 0.3) is 0 Å². The zero-order valence-electron chi connectivity index (χ0n) is 15.1. The Balaban J connectivity index is 1.77. The highest BCUT2D eigenvalue weighted by Gasteiger charge is 2.11. The highest BCUT2D eigenvalue weighted by atomic mass is 127. The molecule has 0 unspecified atom stereocenters. The number of halogens is 2. The van der Waals surface area contributed by atoms with Crippen molar-refractivity contribution in [3.05, 3.63) is 85.9 Å². The molecule has 0 spiro atoms. The predicted octanol–water partition coefficient (Wildman–Crippen LogP) is 6.59. The fourth-order valence-corrected chi connectivity index (χ4v) is 3.38. The van der Waals surface area contributed by atoms with Crippen LogP contribution < -0.4 is 9.47 Å². The van der Waals surface area contributed by atoms with Crippen molar-refractivity contribution in [3.8, 4) is 11.5 Å². The van der Waals surface area contributed by atoms with Crippen molar-refractivity contribution in [3.63, 3.8) is 0 Å². The fraction of sp³-hybridized carbons (Fsp3) is 0.136. The average molecular weight is 492 g/mol. The summed E-state index contributed by atoms with van der Waals surface area (Å²) in [5.74, 6) is 1.40. The van der Waals surface area contributed by atoms with Crippen LogP contribution in [0.1, 0.15) is 16.7 Å². The lowest BCUT2D eigenvalue weighted by Crippen LogP contribution is -2.00. The summed E-state index contributed by atoms with van der Waals surface area (Å²) < 4.78 is 12.5. The van der Waals surface area contributed by atoms with Crippen molar-refractivity contribution in [1.29, 1.82) is 0 Å². The minimum Gasteiger partial charge on any atom is -0.493 e. The van der Waals surface area contributed by atoms with Crippen LogP contribution in [0.4, 0.5) is 5.69 Å². The first kappa shape index (κ1) is 19.7. The molecule has 5 heteroatoms. The summed E-state index contributed by atoms with van der Waals surface area (Å²) in [7, 11) is 1.64. The second-order valence-corrected chi connectivity index (χ2v) is 7.64. The van der Waals surface area contributed by atoms with Crippen LogP contribution in [0.15, 0.2) is 65.7 Å². The molecule has 0 saturated heterocycles.